The fourth-order valence-corrected chi connectivity index (χ4v) is 2.64. The molecule has 0 amide bonds. The van der Waals surface area contributed by atoms with Crippen molar-refractivity contribution in [3.8, 4) is 0 Å². The first-order chi connectivity index (χ1) is 6.86. The van der Waals surface area contributed by atoms with Crippen molar-refractivity contribution < 1.29 is 0 Å². The molecule has 14 heavy (non-hydrogen) atoms. The number of nitrogens with one attached hydrogen (secondary N) is 1. The third-order valence-electron chi connectivity index (χ3n) is 2.95. The van der Waals surface area contributed by atoms with E-state index in [0.717, 1.165) is 6.04 Å². The van der Waals surface area contributed by atoms with Gasteiger partial charge in [0.05, 0.1) is 0 Å². The summed E-state index contributed by atoms with van der Waals surface area (Å²) in [6.45, 7) is 3.54. The second-order valence-electron chi connectivity index (χ2n) is 3.96. The zero-order valence-electron chi connectivity index (χ0n) is 8.70. The van der Waals surface area contributed by atoms with Gasteiger partial charge < -0.3 is 10.2 Å². The Hall–Kier alpha value is -0.380. The molecule has 1 fully saturated rings. The van der Waals surface area contributed by atoms with Crippen LogP contribution in [0.4, 0.5) is 0 Å². The molecule has 2 rings (SSSR count). The summed E-state index contributed by atoms with van der Waals surface area (Å²) in [7, 11) is 2.24. The highest BCUT2D eigenvalue weighted by molar-refractivity contribution is 7.09. The molecular weight excluding hydrogens is 192 g/mol. The molecule has 2 heterocycles. The largest absolute Gasteiger partial charge is 0.315 e. The molecule has 1 N–H and O–H groups in total. The molecule has 0 aliphatic carbocycles. The van der Waals surface area contributed by atoms with Crippen LogP contribution in [0.15, 0.2) is 17.5 Å². The van der Waals surface area contributed by atoms with Crippen LogP contribution in [0.1, 0.15) is 11.3 Å². The van der Waals surface area contributed by atoms with Gasteiger partial charge in [-0.1, -0.05) is 6.07 Å². The van der Waals surface area contributed by atoms with Gasteiger partial charge in [0.15, 0.2) is 0 Å². The second kappa shape index (κ2) is 4.91. The maximum absolute atomic E-state index is 3.41. The van der Waals surface area contributed by atoms with E-state index < -0.39 is 0 Å². The lowest BCUT2D eigenvalue weighted by atomic mass is 10.2. The molecule has 1 atom stereocenters. The van der Waals surface area contributed by atoms with Gasteiger partial charge in [0.1, 0.15) is 0 Å². The first-order valence-corrected chi connectivity index (χ1v) is 6.17. The van der Waals surface area contributed by atoms with E-state index in [-0.39, 0.29) is 0 Å². The summed E-state index contributed by atoms with van der Waals surface area (Å²) in [5, 5.41) is 5.57. The van der Waals surface area contributed by atoms with Crippen molar-refractivity contribution in [2.45, 2.75) is 18.9 Å². The van der Waals surface area contributed by atoms with E-state index in [2.05, 4.69) is 34.8 Å². The summed E-state index contributed by atoms with van der Waals surface area (Å²) in [6.07, 6.45) is 2.51. The predicted octanol–water partition coefficient (Wildman–Crippen LogP) is 1.58. The van der Waals surface area contributed by atoms with Crippen LogP contribution >= 0.6 is 11.3 Å². The first-order valence-electron chi connectivity index (χ1n) is 5.29. The van der Waals surface area contributed by atoms with E-state index in [1.807, 2.05) is 11.3 Å². The van der Waals surface area contributed by atoms with Crippen LogP contribution < -0.4 is 5.32 Å². The molecule has 1 aromatic heterocycles. The van der Waals surface area contributed by atoms with Crippen molar-refractivity contribution >= 4 is 11.3 Å². The summed E-state index contributed by atoms with van der Waals surface area (Å²) < 4.78 is 0. The van der Waals surface area contributed by atoms with Crippen LogP contribution in [0.5, 0.6) is 0 Å². The second-order valence-corrected chi connectivity index (χ2v) is 4.99. The molecule has 1 aliphatic heterocycles. The molecule has 0 spiro atoms. The van der Waals surface area contributed by atoms with Crippen molar-refractivity contribution in [3.05, 3.63) is 22.4 Å². The van der Waals surface area contributed by atoms with E-state index in [1.165, 1.54) is 37.4 Å². The Balaban J connectivity index is 1.74. The van der Waals surface area contributed by atoms with E-state index in [1.54, 1.807) is 0 Å². The molecular formula is C11H18N2S. The Labute approximate surface area is 89.9 Å². The molecule has 0 aromatic carbocycles. The van der Waals surface area contributed by atoms with Gasteiger partial charge >= 0.3 is 0 Å². The lowest BCUT2D eigenvalue weighted by Crippen LogP contribution is -2.34. The zero-order valence-corrected chi connectivity index (χ0v) is 9.52. The van der Waals surface area contributed by atoms with Gasteiger partial charge in [-0.2, -0.15) is 0 Å². The SMILES string of the molecule is CN(CCc1cccs1)C1CCNC1. The Kier molecular flexibility index (Phi) is 3.56. The highest BCUT2D eigenvalue weighted by Gasteiger charge is 2.18. The maximum Gasteiger partial charge on any atom is 0.0229 e. The number of rotatable bonds is 4. The van der Waals surface area contributed by atoms with Gasteiger partial charge in [-0.3, -0.25) is 0 Å². The minimum absolute atomic E-state index is 0.759. The van der Waals surface area contributed by atoms with Crippen molar-refractivity contribution in [2.24, 2.45) is 0 Å². The fourth-order valence-electron chi connectivity index (χ4n) is 1.94. The highest BCUT2D eigenvalue weighted by Crippen LogP contribution is 2.11. The Morgan fingerprint density at radius 1 is 1.64 bits per heavy atom. The van der Waals surface area contributed by atoms with Crippen LogP contribution in [0.2, 0.25) is 0 Å². The van der Waals surface area contributed by atoms with Crippen molar-refractivity contribution in [1.29, 1.82) is 0 Å². The summed E-state index contributed by atoms with van der Waals surface area (Å²) >= 11 is 1.87. The Morgan fingerprint density at radius 3 is 3.21 bits per heavy atom. The van der Waals surface area contributed by atoms with Gasteiger partial charge in [-0.15, -0.1) is 11.3 Å². The number of thiophene rings is 1. The maximum atomic E-state index is 3.41. The van der Waals surface area contributed by atoms with Gasteiger partial charge in [0.25, 0.3) is 0 Å². The molecule has 2 nitrogen and oxygen atoms in total. The summed E-state index contributed by atoms with van der Waals surface area (Å²) in [5.74, 6) is 0. The first kappa shape index (κ1) is 10.1. The van der Waals surface area contributed by atoms with E-state index in [0.29, 0.717) is 0 Å². The van der Waals surface area contributed by atoms with Gasteiger partial charge in [0, 0.05) is 24.0 Å². The van der Waals surface area contributed by atoms with Crippen molar-refractivity contribution in [3.63, 3.8) is 0 Å². The number of hydrogen-bond donors (Lipinski definition) is 1. The zero-order chi connectivity index (χ0) is 9.80. The standard InChI is InChI=1S/C11H18N2S/c1-13(10-4-6-12-9-10)7-5-11-3-2-8-14-11/h2-3,8,10,12H,4-7,9H2,1H3. The summed E-state index contributed by atoms with van der Waals surface area (Å²) in [4.78, 5) is 3.99. The number of likely N-dealkylation sites (N-methyl/N-ethyl adjacent to an activating group) is 1. The molecule has 1 aromatic rings. The van der Waals surface area contributed by atoms with Gasteiger partial charge in [-0.05, 0) is 37.9 Å². The third kappa shape index (κ3) is 2.56. The van der Waals surface area contributed by atoms with Gasteiger partial charge in [-0.25, -0.2) is 0 Å². The van der Waals surface area contributed by atoms with Crippen molar-refractivity contribution in [1.82, 2.24) is 10.2 Å². The van der Waals surface area contributed by atoms with Gasteiger partial charge in [0.2, 0.25) is 0 Å². The normalized spacial score (nSPS) is 22.0. The lowest BCUT2D eigenvalue weighted by Gasteiger charge is -2.22. The quantitative estimate of drug-likeness (QED) is 0.812. The van der Waals surface area contributed by atoms with E-state index >= 15 is 0 Å². The van der Waals surface area contributed by atoms with Crippen LogP contribution in [0.3, 0.4) is 0 Å². The van der Waals surface area contributed by atoms with Crippen LogP contribution in [0.25, 0.3) is 0 Å². The van der Waals surface area contributed by atoms with E-state index in [9.17, 15) is 0 Å². The number of nitrogens with zero attached hydrogens (tertiary/aromatic N) is 1. The van der Waals surface area contributed by atoms with E-state index in [4.69, 9.17) is 0 Å². The Bertz CT molecular complexity index is 252. The van der Waals surface area contributed by atoms with Crippen LogP contribution in [-0.2, 0) is 6.42 Å². The topological polar surface area (TPSA) is 15.3 Å². The fraction of sp³-hybridized carbons (Fsp3) is 0.636. The molecule has 0 radical (unpaired) electrons. The highest BCUT2D eigenvalue weighted by atomic mass is 32.1. The lowest BCUT2D eigenvalue weighted by molar-refractivity contribution is 0.261. The Morgan fingerprint density at radius 2 is 2.57 bits per heavy atom. The van der Waals surface area contributed by atoms with Crippen LogP contribution in [-0.4, -0.2) is 37.6 Å². The molecule has 0 saturated carbocycles. The molecule has 0 bridgehead atoms. The molecule has 3 heteroatoms. The molecule has 1 saturated heterocycles. The summed E-state index contributed by atoms with van der Waals surface area (Å²) in [6, 6.07) is 5.12. The summed E-state index contributed by atoms with van der Waals surface area (Å²) in [5.41, 5.74) is 0. The molecule has 1 aliphatic rings. The minimum Gasteiger partial charge on any atom is -0.315 e. The van der Waals surface area contributed by atoms with Crippen LogP contribution in [0, 0.1) is 0 Å². The average Bonchev–Trinajstić information content (AvgIpc) is 2.87. The number of hydrogen-bond acceptors (Lipinski definition) is 3. The third-order valence-corrected chi connectivity index (χ3v) is 3.88. The smallest absolute Gasteiger partial charge is 0.0229 e. The molecule has 1 unspecified atom stereocenters. The van der Waals surface area contributed by atoms with Crippen molar-refractivity contribution in [2.75, 3.05) is 26.7 Å². The molecule has 78 valence electrons. The monoisotopic (exact) mass is 210 g/mol. The predicted molar refractivity (Wildman–Crippen MR) is 61.9 cm³/mol. The minimum atomic E-state index is 0.759. The average molecular weight is 210 g/mol.